The van der Waals surface area contributed by atoms with Crippen molar-refractivity contribution >= 4 is 11.7 Å². The highest BCUT2D eigenvalue weighted by molar-refractivity contribution is 5.89. The number of carbonyl (C=O) groups is 1. The third kappa shape index (κ3) is 3.41. The fourth-order valence-corrected chi connectivity index (χ4v) is 1.51. The molecular formula is C12H14N4O. The molecule has 0 unspecified atom stereocenters. The minimum absolute atomic E-state index is 0.0469. The lowest BCUT2D eigenvalue weighted by atomic mass is 10.1. The molecule has 0 aliphatic carbocycles. The average Bonchev–Trinajstić information content (AvgIpc) is 2.73. The van der Waals surface area contributed by atoms with Crippen molar-refractivity contribution in [2.75, 3.05) is 5.32 Å². The van der Waals surface area contributed by atoms with Crippen LogP contribution in [0.5, 0.6) is 0 Å². The summed E-state index contributed by atoms with van der Waals surface area (Å²) in [6, 6.07) is 9.92. The lowest BCUT2D eigenvalue weighted by molar-refractivity contribution is -0.116. The maximum atomic E-state index is 11.6. The van der Waals surface area contributed by atoms with Gasteiger partial charge >= 0.3 is 0 Å². The van der Waals surface area contributed by atoms with E-state index in [0.29, 0.717) is 12.2 Å². The van der Waals surface area contributed by atoms with Crippen LogP contribution in [-0.2, 0) is 18.3 Å². The van der Waals surface area contributed by atoms with Crippen LogP contribution in [0, 0.1) is 0 Å². The Bertz CT molecular complexity index is 492. The highest BCUT2D eigenvalue weighted by atomic mass is 16.1. The Kier molecular flexibility index (Phi) is 3.49. The molecule has 0 aliphatic rings. The van der Waals surface area contributed by atoms with E-state index in [4.69, 9.17) is 0 Å². The molecule has 17 heavy (non-hydrogen) atoms. The van der Waals surface area contributed by atoms with E-state index in [1.807, 2.05) is 30.3 Å². The molecule has 0 atom stereocenters. The Morgan fingerprint density at radius 3 is 2.76 bits per heavy atom. The van der Waals surface area contributed by atoms with E-state index >= 15 is 0 Å². The number of carbonyl (C=O) groups excluding carboxylic acids is 1. The topological polar surface area (TPSA) is 59.8 Å². The third-order valence-electron chi connectivity index (χ3n) is 2.35. The van der Waals surface area contributed by atoms with Crippen molar-refractivity contribution in [1.29, 1.82) is 0 Å². The highest BCUT2D eigenvalue weighted by Gasteiger charge is 2.05. The number of anilines is 1. The number of aryl methyl sites for hydroxylation is 2. The van der Waals surface area contributed by atoms with Gasteiger partial charge in [-0.2, -0.15) is 0 Å². The van der Waals surface area contributed by atoms with E-state index in [9.17, 15) is 4.79 Å². The first-order valence-corrected chi connectivity index (χ1v) is 5.44. The van der Waals surface area contributed by atoms with Gasteiger partial charge in [-0.1, -0.05) is 35.5 Å². The summed E-state index contributed by atoms with van der Waals surface area (Å²) in [5, 5.41) is 10.2. The zero-order valence-corrected chi connectivity index (χ0v) is 9.63. The van der Waals surface area contributed by atoms with Crippen molar-refractivity contribution in [3.05, 3.63) is 42.1 Å². The number of aromatic nitrogens is 3. The van der Waals surface area contributed by atoms with Crippen molar-refractivity contribution in [2.45, 2.75) is 12.8 Å². The lowest BCUT2D eigenvalue weighted by Gasteiger charge is -2.01. The number of amides is 1. The molecular weight excluding hydrogens is 216 g/mol. The number of hydrogen-bond donors (Lipinski definition) is 1. The maximum absolute atomic E-state index is 11.6. The Labute approximate surface area is 99.5 Å². The van der Waals surface area contributed by atoms with Crippen LogP contribution in [-0.4, -0.2) is 20.9 Å². The number of nitrogens with zero attached hydrogens (tertiary/aromatic N) is 3. The molecule has 0 bridgehead atoms. The molecule has 1 heterocycles. The molecule has 1 amide bonds. The van der Waals surface area contributed by atoms with Gasteiger partial charge in [0, 0.05) is 13.5 Å². The van der Waals surface area contributed by atoms with Crippen LogP contribution in [0.4, 0.5) is 5.82 Å². The van der Waals surface area contributed by atoms with Gasteiger partial charge in [0.25, 0.3) is 0 Å². The predicted molar refractivity (Wildman–Crippen MR) is 64.4 cm³/mol. The number of nitrogens with one attached hydrogen (secondary N) is 1. The van der Waals surface area contributed by atoms with Crippen LogP contribution < -0.4 is 5.32 Å². The standard InChI is InChI=1S/C12H14N4O/c1-16-9-11(14-15-16)13-12(17)8-7-10-5-3-2-4-6-10/h2-6,9H,7-8H2,1H3,(H,13,17). The molecule has 5 nitrogen and oxygen atoms in total. The molecule has 0 saturated carbocycles. The summed E-state index contributed by atoms with van der Waals surface area (Å²) in [5.74, 6) is 0.444. The van der Waals surface area contributed by atoms with Crippen LogP contribution in [0.3, 0.4) is 0 Å². The molecule has 1 aromatic heterocycles. The number of rotatable bonds is 4. The summed E-state index contributed by atoms with van der Waals surface area (Å²) in [7, 11) is 1.76. The van der Waals surface area contributed by atoms with E-state index in [0.717, 1.165) is 12.0 Å². The van der Waals surface area contributed by atoms with Gasteiger partial charge in [-0.25, -0.2) is 0 Å². The molecule has 5 heteroatoms. The van der Waals surface area contributed by atoms with Crippen LogP contribution in [0.2, 0.25) is 0 Å². The van der Waals surface area contributed by atoms with Crippen LogP contribution in [0.15, 0.2) is 36.5 Å². The summed E-state index contributed by atoms with van der Waals surface area (Å²) < 4.78 is 1.55. The van der Waals surface area contributed by atoms with E-state index < -0.39 is 0 Å². The van der Waals surface area contributed by atoms with Crippen LogP contribution in [0.1, 0.15) is 12.0 Å². The molecule has 0 saturated heterocycles. The molecule has 1 N–H and O–H groups in total. The van der Waals surface area contributed by atoms with Crippen molar-refractivity contribution < 1.29 is 4.79 Å². The molecule has 88 valence electrons. The zero-order valence-electron chi connectivity index (χ0n) is 9.63. The van der Waals surface area contributed by atoms with Gasteiger partial charge in [-0.3, -0.25) is 9.48 Å². The fourth-order valence-electron chi connectivity index (χ4n) is 1.51. The summed E-state index contributed by atoms with van der Waals surface area (Å²) in [4.78, 5) is 11.6. The largest absolute Gasteiger partial charge is 0.308 e. The molecule has 0 aliphatic heterocycles. The number of benzene rings is 1. The van der Waals surface area contributed by atoms with Crippen molar-refractivity contribution in [1.82, 2.24) is 15.0 Å². The van der Waals surface area contributed by atoms with Crippen LogP contribution in [0.25, 0.3) is 0 Å². The van der Waals surface area contributed by atoms with Crippen molar-refractivity contribution in [2.24, 2.45) is 7.05 Å². The zero-order chi connectivity index (χ0) is 12.1. The second kappa shape index (κ2) is 5.25. The molecule has 0 spiro atoms. The van der Waals surface area contributed by atoms with E-state index in [1.54, 1.807) is 17.9 Å². The predicted octanol–water partition coefficient (Wildman–Crippen LogP) is 1.39. The molecule has 1 aromatic carbocycles. The van der Waals surface area contributed by atoms with E-state index in [-0.39, 0.29) is 5.91 Å². The normalized spacial score (nSPS) is 10.2. The molecule has 0 fully saturated rings. The summed E-state index contributed by atoms with van der Waals surface area (Å²) in [6.45, 7) is 0. The van der Waals surface area contributed by atoms with E-state index in [1.165, 1.54) is 0 Å². The van der Waals surface area contributed by atoms with E-state index in [2.05, 4.69) is 15.6 Å². The highest BCUT2D eigenvalue weighted by Crippen LogP contribution is 2.04. The first-order chi connectivity index (χ1) is 8.24. The lowest BCUT2D eigenvalue weighted by Crippen LogP contribution is -2.12. The molecule has 2 rings (SSSR count). The van der Waals surface area contributed by atoms with Gasteiger partial charge in [0.2, 0.25) is 5.91 Å². The second-order valence-corrected chi connectivity index (χ2v) is 3.81. The van der Waals surface area contributed by atoms with Gasteiger partial charge in [-0.05, 0) is 12.0 Å². The quantitative estimate of drug-likeness (QED) is 0.863. The van der Waals surface area contributed by atoms with Gasteiger partial charge in [0.15, 0.2) is 5.82 Å². The Balaban J connectivity index is 1.82. The first kappa shape index (κ1) is 11.3. The number of hydrogen-bond acceptors (Lipinski definition) is 3. The minimum Gasteiger partial charge on any atom is -0.308 e. The fraction of sp³-hybridized carbons (Fsp3) is 0.250. The second-order valence-electron chi connectivity index (χ2n) is 3.81. The molecule has 0 radical (unpaired) electrons. The summed E-state index contributed by atoms with van der Waals surface area (Å²) in [5.41, 5.74) is 1.15. The van der Waals surface area contributed by atoms with Crippen molar-refractivity contribution in [3.8, 4) is 0 Å². The smallest absolute Gasteiger partial charge is 0.225 e. The van der Waals surface area contributed by atoms with Crippen molar-refractivity contribution in [3.63, 3.8) is 0 Å². The van der Waals surface area contributed by atoms with Gasteiger partial charge in [-0.15, -0.1) is 5.10 Å². The Morgan fingerprint density at radius 1 is 1.35 bits per heavy atom. The average molecular weight is 230 g/mol. The summed E-state index contributed by atoms with van der Waals surface area (Å²) in [6.07, 6.45) is 2.84. The summed E-state index contributed by atoms with van der Waals surface area (Å²) >= 11 is 0. The monoisotopic (exact) mass is 230 g/mol. The maximum Gasteiger partial charge on any atom is 0.225 e. The third-order valence-corrected chi connectivity index (χ3v) is 2.35. The van der Waals surface area contributed by atoms with Gasteiger partial charge in [0.1, 0.15) is 0 Å². The molecule has 2 aromatic rings. The van der Waals surface area contributed by atoms with Gasteiger partial charge in [0.05, 0.1) is 6.20 Å². The van der Waals surface area contributed by atoms with Gasteiger partial charge < -0.3 is 5.32 Å². The first-order valence-electron chi connectivity index (χ1n) is 5.44. The van der Waals surface area contributed by atoms with Crippen LogP contribution >= 0.6 is 0 Å². The Hall–Kier alpha value is -2.17. The SMILES string of the molecule is Cn1cc(NC(=O)CCc2ccccc2)nn1. The minimum atomic E-state index is -0.0469. The Morgan fingerprint density at radius 2 is 2.12 bits per heavy atom.